The van der Waals surface area contributed by atoms with Gasteiger partial charge in [-0.2, -0.15) is 18.4 Å². The molecular weight excluding hydrogens is 543 g/mol. The summed E-state index contributed by atoms with van der Waals surface area (Å²) in [5, 5.41) is 9.53. The van der Waals surface area contributed by atoms with Crippen LogP contribution < -0.4 is 14.2 Å². The Kier molecular flexibility index (Phi) is 7.78. The van der Waals surface area contributed by atoms with E-state index in [4.69, 9.17) is 21.1 Å². The van der Waals surface area contributed by atoms with Gasteiger partial charge in [-0.05, 0) is 68.4 Å². The molecule has 3 aromatic rings. The highest BCUT2D eigenvalue weighted by Gasteiger charge is 2.36. The monoisotopic (exact) mass is 565 g/mol. The van der Waals surface area contributed by atoms with E-state index in [0.717, 1.165) is 18.2 Å². The summed E-state index contributed by atoms with van der Waals surface area (Å²) in [6.07, 6.45) is -4.55. The first kappa shape index (κ1) is 27.6. The van der Waals surface area contributed by atoms with Crippen molar-refractivity contribution in [1.82, 2.24) is 4.90 Å². The highest BCUT2D eigenvalue weighted by molar-refractivity contribution is 7.92. The first-order valence-corrected chi connectivity index (χ1v) is 13.3. The highest BCUT2D eigenvalue weighted by Crippen LogP contribution is 2.39. The maximum Gasteiger partial charge on any atom is 0.419 e. The zero-order valence-electron chi connectivity index (χ0n) is 20.3. The SMILES string of the molecule is Cc1cc(Oc2cccc(Cl)c2C#N)ccc1S(=O)(=O)Nc1ccc(C(F)(F)F)c(O[C@H]2CCN(C)C2)c1. The fraction of sp³-hybridized carbons (Fsp3) is 0.269. The predicted molar refractivity (Wildman–Crippen MR) is 136 cm³/mol. The van der Waals surface area contributed by atoms with Crippen LogP contribution in [0.15, 0.2) is 59.5 Å². The highest BCUT2D eigenvalue weighted by atomic mass is 35.5. The van der Waals surface area contributed by atoms with Crippen LogP contribution >= 0.6 is 11.6 Å². The van der Waals surface area contributed by atoms with Gasteiger partial charge in [0.05, 0.1) is 21.2 Å². The van der Waals surface area contributed by atoms with Crippen LogP contribution in [0.5, 0.6) is 17.2 Å². The lowest BCUT2D eigenvalue weighted by Gasteiger charge is -2.20. The lowest BCUT2D eigenvalue weighted by Crippen LogP contribution is -2.23. The van der Waals surface area contributed by atoms with Crippen molar-refractivity contribution in [2.45, 2.75) is 30.5 Å². The third kappa shape index (κ3) is 6.15. The van der Waals surface area contributed by atoms with E-state index in [1.165, 1.54) is 18.2 Å². The van der Waals surface area contributed by atoms with E-state index in [0.29, 0.717) is 25.1 Å². The van der Waals surface area contributed by atoms with E-state index in [-0.39, 0.29) is 32.7 Å². The van der Waals surface area contributed by atoms with Gasteiger partial charge in [0, 0.05) is 19.2 Å². The van der Waals surface area contributed by atoms with Crippen LogP contribution in [0.2, 0.25) is 5.02 Å². The summed E-state index contributed by atoms with van der Waals surface area (Å²) in [5.74, 6) is 0.0409. The van der Waals surface area contributed by atoms with Crippen molar-refractivity contribution >= 4 is 27.3 Å². The molecule has 1 heterocycles. The third-order valence-electron chi connectivity index (χ3n) is 5.93. The largest absolute Gasteiger partial charge is 0.488 e. The average molecular weight is 566 g/mol. The molecule has 0 saturated carbocycles. The minimum Gasteiger partial charge on any atom is -0.488 e. The van der Waals surface area contributed by atoms with E-state index >= 15 is 0 Å². The van der Waals surface area contributed by atoms with E-state index in [1.54, 1.807) is 25.1 Å². The van der Waals surface area contributed by atoms with Crippen LogP contribution in [0.25, 0.3) is 0 Å². The molecule has 7 nitrogen and oxygen atoms in total. The van der Waals surface area contributed by atoms with E-state index in [2.05, 4.69) is 4.72 Å². The number of sulfonamides is 1. The fourth-order valence-electron chi connectivity index (χ4n) is 4.11. The Labute approximate surface area is 223 Å². The molecule has 0 bridgehead atoms. The van der Waals surface area contributed by atoms with Crippen LogP contribution in [0.1, 0.15) is 23.1 Å². The molecule has 1 fully saturated rings. The van der Waals surface area contributed by atoms with Crippen molar-refractivity contribution in [3.63, 3.8) is 0 Å². The summed E-state index contributed by atoms with van der Waals surface area (Å²) >= 11 is 6.03. The van der Waals surface area contributed by atoms with Gasteiger partial charge in [0.25, 0.3) is 10.0 Å². The molecule has 12 heteroatoms. The molecule has 0 unspecified atom stereocenters. The molecule has 0 aromatic heterocycles. The van der Waals surface area contributed by atoms with E-state index < -0.39 is 33.6 Å². The summed E-state index contributed by atoms with van der Waals surface area (Å²) in [6.45, 7) is 2.70. The van der Waals surface area contributed by atoms with Crippen LogP contribution in [-0.2, 0) is 16.2 Å². The van der Waals surface area contributed by atoms with E-state index in [1.807, 2.05) is 18.0 Å². The van der Waals surface area contributed by atoms with Crippen molar-refractivity contribution in [1.29, 1.82) is 5.26 Å². The Bertz CT molecular complexity index is 1510. The lowest BCUT2D eigenvalue weighted by atomic mass is 10.1. The molecule has 0 radical (unpaired) electrons. The minimum atomic E-state index is -4.67. The van der Waals surface area contributed by atoms with Crippen LogP contribution in [0.4, 0.5) is 18.9 Å². The maximum absolute atomic E-state index is 13.6. The number of likely N-dealkylation sites (N-methyl/N-ethyl adjacent to an activating group) is 1. The van der Waals surface area contributed by atoms with Gasteiger partial charge in [-0.1, -0.05) is 17.7 Å². The average Bonchev–Trinajstić information content (AvgIpc) is 3.22. The number of nitriles is 1. The Morgan fingerprint density at radius 2 is 1.89 bits per heavy atom. The topological polar surface area (TPSA) is 91.7 Å². The number of hydrogen-bond donors (Lipinski definition) is 1. The van der Waals surface area contributed by atoms with Gasteiger partial charge in [0.2, 0.25) is 0 Å². The van der Waals surface area contributed by atoms with Crippen LogP contribution in [-0.4, -0.2) is 39.6 Å². The van der Waals surface area contributed by atoms with Gasteiger partial charge in [0.1, 0.15) is 35.0 Å². The number of halogens is 4. The summed E-state index contributed by atoms with van der Waals surface area (Å²) in [5.41, 5.74) is -0.607. The van der Waals surface area contributed by atoms with Gasteiger partial charge in [-0.3, -0.25) is 4.72 Å². The summed E-state index contributed by atoms with van der Waals surface area (Å²) in [7, 11) is -2.34. The number of likely N-dealkylation sites (tertiary alicyclic amines) is 1. The molecule has 1 aliphatic rings. The molecule has 0 aliphatic carbocycles. The first-order chi connectivity index (χ1) is 17.9. The number of hydrogen-bond acceptors (Lipinski definition) is 6. The molecule has 3 aromatic carbocycles. The summed E-state index contributed by atoms with van der Waals surface area (Å²) < 4.78 is 80.7. The Morgan fingerprint density at radius 3 is 2.53 bits per heavy atom. The third-order valence-corrected chi connectivity index (χ3v) is 7.79. The van der Waals surface area contributed by atoms with Gasteiger partial charge in [-0.25, -0.2) is 8.42 Å². The van der Waals surface area contributed by atoms with Gasteiger partial charge < -0.3 is 14.4 Å². The zero-order valence-corrected chi connectivity index (χ0v) is 21.9. The first-order valence-electron chi connectivity index (χ1n) is 11.4. The molecule has 1 aliphatic heterocycles. The summed E-state index contributed by atoms with van der Waals surface area (Å²) in [4.78, 5) is 1.84. The van der Waals surface area contributed by atoms with Crippen LogP contribution in [0.3, 0.4) is 0 Å². The van der Waals surface area contributed by atoms with Crippen molar-refractivity contribution in [2.24, 2.45) is 0 Å². The summed E-state index contributed by atoms with van der Waals surface area (Å²) in [6, 6.07) is 13.7. The molecule has 200 valence electrons. The molecule has 1 saturated heterocycles. The quantitative estimate of drug-likeness (QED) is 0.366. The Hall–Kier alpha value is -3.46. The molecule has 0 amide bonds. The molecule has 38 heavy (non-hydrogen) atoms. The van der Waals surface area contributed by atoms with Crippen molar-refractivity contribution < 1.29 is 31.1 Å². The van der Waals surface area contributed by atoms with Crippen molar-refractivity contribution in [3.8, 4) is 23.3 Å². The number of aryl methyl sites for hydroxylation is 1. The van der Waals surface area contributed by atoms with Crippen molar-refractivity contribution in [2.75, 3.05) is 24.9 Å². The second-order valence-electron chi connectivity index (χ2n) is 8.86. The van der Waals surface area contributed by atoms with Gasteiger partial charge >= 0.3 is 6.18 Å². The molecule has 4 rings (SSSR count). The maximum atomic E-state index is 13.6. The fourth-order valence-corrected chi connectivity index (χ4v) is 5.60. The zero-order chi connectivity index (χ0) is 27.7. The predicted octanol–water partition coefficient (Wildman–Crippen LogP) is 6.21. The Balaban J connectivity index is 1.58. The number of nitrogens with one attached hydrogen (secondary N) is 1. The number of anilines is 1. The normalized spacial score (nSPS) is 16.2. The number of rotatable bonds is 7. The minimum absolute atomic E-state index is 0.0725. The van der Waals surface area contributed by atoms with Gasteiger partial charge in [0.15, 0.2) is 0 Å². The van der Waals surface area contributed by atoms with Crippen molar-refractivity contribution in [3.05, 3.63) is 76.3 Å². The second-order valence-corrected chi connectivity index (χ2v) is 10.9. The standard InChI is InChI=1S/C26H23ClF3N3O4S/c1-16-12-18(36-23-5-3-4-22(27)20(23)14-31)7-9-25(16)38(34,35)32-17-6-8-21(26(28,29)30)24(13-17)37-19-10-11-33(2)15-19/h3-9,12-13,19,32H,10-11,15H2,1-2H3/t19-/m0/s1. The second kappa shape index (κ2) is 10.7. The molecule has 1 atom stereocenters. The molecule has 0 spiro atoms. The molecule has 1 N–H and O–H groups in total. The smallest absolute Gasteiger partial charge is 0.419 e. The van der Waals surface area contributed by atoms with Gasteiger partial charge in [-0.15, -0.1) is 0 Å². The number of alkyl halides is 3. The number of benzene rings is 3. The van der Waals surface area contributed by atoms with E-state index in [9.17, 15) is 26.9 Å². The molecular formula is C26H23ClF3N3O4S. The Morgan fingerprint density at radius 1 is 1.13 bits per heavy atom. The lowest BCUT2D eigenvalue weighted by molar-refractivity contribution is -0.139. The number of nitrogens with zero attached hydrogens (tertiary/aromatic N) is 2. The number of ether oxygens (including phenoxy) is 2. The van der Waals surface area contributed by atoms with Crippen LogP contribution in [0, 0.1) is 18.3 Å².